The minimum atomic E-state index is -0.897. The third-order valence-corrected chi connectivity index (χ3v) is 3.48. The van der Waals surface area contributed by atoms with Crippen LogP contribution in [0.2, 0.25) is 0 Å². The van der Waals surface area contributed by atoms with Crippen LogP contribution in [0, 0.1) is 5.82 Å². The lowest BCUT2D eigenvalue weighted by Gasteiger charge is -2.08. The maximum atomic E-state index is 14.1. The fourth-order valence-corrected chi connectivity index (χ4v) is 2.10. The number of hydrogen-bond acceptors (Lipinski definition) is 6. The molecule has 0 radical (unpaired) electrons. The number of carbonyl (C=O) groups is 3. The number of rotatable bonds is 8. The fourth-order valence-electron chi connectivity index (χ4n) is 2.10. The summed E-state index contributed by atoms with van der Waals surface area (Å²) in [6.45, 7) is 6.73. The molecule has 0 heterocycles. The van der Waals surface area contributed by atoms with E-state index in [1.807, 2.05) is 0 Å². The van der Waals surface area contributed by atoms with E-state index in [0.29, 0.717) is 6.42 Å². The highest BCUT2D eigenvalue weighted by molar-refractivity contribution is 5.91. The van der Waals surface area contributed by atoms with Crippen molar-refractivity contribution in [1.29, 1.82) is 0 Å². The van der Waals surface area contributed by atoms with Gasteiger partial charge in [-0.15, -0.1) is 0 Å². The third kappa shape index (κ3) is 5.91. The second-order valence-electron chi connectivity index (χ2n) is 5.42. The first-order valence-electron chi connectivity index (χ1n) is 8.17. The van der Waals surface area contributed by atoms with Gasteiger partial charge < -0.3 is 14.2 Å². The smallest absolute Gasteiger partial charge is 0.346 e. The predicted molar refractivity (Wildman–Crippen MR) is 98.5 cm³/mol. The molecule has 7 heteroatoms. The molecule has 144 valence electrons. The van der Waals surface area contributed by atoms with Crippen LogP contribution in [-0.2, 0) is 20.7 Å². The molecule has 0 bridgehead atoms. The minimum Gasteiger partial charge on any atom is -0.462 e. The molecule has 0 N–H and O–H groups in total. The van der Waals surface area contributed by atoms with Crippen molar-refractivity contribution >= 4 is 17.9 Å². The van der Waals surface area contributed by atoms with Gasteiger partial charge in [-0.05, 0) is 29.8 Å². The average molecular weight is 384 g/mol. The van der Waals surface area contributed by atoms with Gasteiger partial charge in [-0.25, -0.2) is 18.8 Å². The van der Waals surface area contributed by atoms with Crippen molar-refractivity contribution in [3.63, 3.8) is 0 Å². The van der Waals surface area contributed by atoms with Gasteiger partial charge in [0.15, 0.2) is 0 Å². The molecule has 6 nitrogen and oxygen atoms in total. The number of ether oxygens (including phenoxy) is 3. The molecule has 0 amide bonds. The Balaban J connectivity index is 1.96. The summed E-state index contributed by atoms with van der Waals surface area (Å²) in [7, 11) is 0. The van der Waals surface area contributed by atoms with Gasteiger partial charge >= 0.3 is 17.9 Å². The average Bonchev–Trinajstić information content (AvgIpc) is 2.69. The Morgan fingerprint density at radius 2 is 1.54 bits per heavy atom. The lowest BCUT2D eigenvalue weighted by Crippen LogP contribution is -2.11. The van der Waals surface area contributed by atoms with Crippen molar-refractivity contribution < 1.29 is 33.0 Å². The number of benzene rings is 2. The summed E-state index contributed by atoms with van der Waals surface area (Å²) in [4.78, 5) is 34.2. The van der Waals surface area contributed by atoms with E-state index in [0.717, 1.165) is 29.8 Å². The lowest BCUT2D eigenvalue weighted by atomic mass is 10.1. The molecule has 28 heavy (non-hydrogen) atoms. The van der Waals surface area contributed by atoms with Crippen LogP contribution in [0.4, 0.5) is 4.39 Å². The second kappa shape index (κ2) is 9.82. The molecule has 0 saturated heterocycles. The van der Waals surface area contributed by atoms with E-state index >= 15 is 0 Å². The molecule has 0 saturated carbocycles. The zero-order chi connectivity index (χ0) is 20.5. The van der Waals surface area contributed by atoms with Gasteiger partial charge in [0.25, 0.3) is 0 Å². The molecule has 0 unspecified atom stereocenters. The zero-order valence-electron chi connectivity index (χ0n) is 14.9. The topological polar surface area (TPSA) is 78.9 Å². The molecule has 0 fully saturated rings. The van der Waals surface area contributed by atoms with Crippen LogP contribution in [0.15, 0.2) is 67.8 Å². The van der Waals surface area contributed by atoms with Crippen molar-refractivity contribution in [3.05, 3.63) is 84.7 Å². The highest BCUT2D eigenvalue weighted by Crippen LogP contribution is 2.20. The number of esters is 3. The highest BCUT2D eigenvalue weighted by Gasteiger charge is 2.16. The normalized spacial score (nSPS) is 9.89. The monoisotopic (exact) mass is 384 g/mol. The van der Waals surface area contributed by atoms with Crippen LogP contribution in [0.1, 0.15) is 15.9 Å². The summed E-state index contributed by atoms with van der Waals surface area (Å²) in [5.74, 6) is -2.86. The Kier molecular flexibility index (Phi) is 7.21. The molecule has 0 aliphatic rings. The summed E-state index contributed by atoms with van der Waals surface area (Å²) in [5, 5.41) is 0. The van der Waals surface area contributed by atoms with Crippen LogP contribution >= 0.6 is 0 Å². The van der Waals surface area contributed by atoms with Crippen LogP contribution in [-0.4, -0.2) is 24.5 Å². The first-order valence-corrected chi connectivity index (χ1v) is 8.17. The predicted octanol–water partition coefficient (Wildman–Crippen LogP) is 3.41. The molecular formula is C21H17FO6. The second-order valence-corrected chi connectivity index (χ2v) is 5.42. The Morgan fingerprint density at radius 3 is 2.14 bits per heavy atom. The summed E-state index contributed by atoms with van der Waals surface area (Å²) >= 11 is 0. The largest absolute Gasteiger partial charge is 0.462 e. The summed E-state index contributed by atoms with van der Waals surface area (Å²) in [6, 6.07) is 9.81. The van der Waals surface area contributed by atoms with Gasteiger partial charge in [-0.1, -0.05) is 25.3 Å². The molecular weight excluding hydrogens is 367 g/mol. The van der Waals surface area contributed by atoms with E-state index in [-0.39, 0.29) is 23.7 Å². The quantitative estimate of drug-likeness (QED) is 0.394. The van der Waals surface area contributed by atoms with Gasteiger partial charge in [0.05, 0.1) is 12.2 Å². The maximum Gasteiger partial charge on any atom is 0.346 e. The summed E-state index contributed by atoms with van der Waals surface area (Å²) < 4.78 is 28.9. The van der Waals surface area contributed by atoms with Crippen molar-refractivity contribution in [1.82, 2.24) is 0 Å². The number of carbonyl (C=O) groups excluding carboxylic acids is 3. The minimum absolute atomic E-state index is 0.0551. The Morgan fingerprint density at radius 1 is 0.893 bits per heavy atom. The number of halogens is 1. The van der Waals surface area contributed by atoms with Crippen molar-refractivity contribution in [2.45, 2.75) is 6.42 Å². The Labute approximate surface area is 160 Å². The van der Waals surface area contributed by atoms with Crippen LogP contribution in [0.3, 0.4) is 0 Å². The van der Waals surface area contributed by atoms with Crippen LogP contribution < -0.4 is 9.47 Å². The Hall–Kier alpha value is -3.74. The SMILES string of the molecule is C=CC(=O)OCCc1ccc(OC(=O)c2ccc(OC(=O)C=C)cc2F)cc1. The van der Waals surface area contributed by atoms with Gasteiger partial charge in [-0.2, -0.15) is 0 Å². The highest BCUT2D eigenvalue weighted by atomic mass is 19.1. The fraction of sp³-hybridized carbons (Fsp3) is 0.0952. The van der Waals surface area contributed by atoms with Gasteiger partial charge in [0.1, 0.15) is 17.3 Å². The van der Waals surface area contributed by atoms with E-state index in [2.05, 4.69) is 13.2 Å². The third-order valence-electron chi connectivity index (χ3n) is 3.48. The molecule has 2 aromatic carbocycles. The van der Waals surface area contributed by atoms with Crippen molar-refractivity contribution in [3.8, 4) is 11.5 Å². The van der Waals surface area contributed by atoms with E-state index < -0.39 is 23.7 Å². The maximum absolute atomic E-state index is 14.1. The molecule has 0 spiro atoms. The molecule has 0 aromatic heterocycles. The standard InChI is InChI=1S/C21H17FO6/c1-3-19(23)26-12-11-14-5-7-15(8-6-14)28-21(25)17-10-9-16(13-18(17)22)27-20(24)4-2/h3-10,13H,1-2,11-12H2. The Bertz CT molecular complexity index is 902. The van der Waals surface area contributed by atoms with Gasteiger partial charge in [0.2, 0.25) is 0 Å². The molecule has 2 aromatic rings. The van der Waals surface area contributed by atoms with E-state index in [1.165, 1.54) is 6.07 Å². The molecule has 0 aliphatic carbocycles. The first-order chi connectivity index (χ1) is 13.4. The molecule has 0 atom stereocenters. The lowest BCUT2D eigenvalue weighted by molar-refractivity contribution is -0.137. The summed E-state index contributed by atoms with van der Waals surface area (Å²) in [6.07, 6.45) is 2.50. The van der Waals surface area contributed by atoms with E-state index in [1.54, 1.807) is 24.3 Å². The van der Waals surface area contributed by atoms with E-state index in [9.17, 15) is 18.8 Å². The van der Waals surface area contributed by atoms with Crippen LogP contribution in [0.5, 0.6) is 11.5 Å². The summed E-state index contributed by atoms with van der Waals surface area (Å²) in [5.41, 5.74) is 0.551. The van der Waals surface area contributed by atoms with Crippen molar-refractivity contribution in [2.24, 2.45) is 0 Å². The molecule has 0 aliphatic heterocycles. The number of hydrogen-bond donors (Lipinski definition) is 0. The first kappa shape index (κ1) is 20.6. The van der Waals surface area contributed by atoms with Gasteiger partial charge in [0, 0.05) is 24.6 Å². The molecule has 2 rings (SSSR count). The van der Waals surface area contributed by atoms with E-state index in [4.69, 9.17) is 14.2 Å². The van der Waals surface area contributed by atoms with Gasteiger partial charge in [-0.3, -0.25) is 0 Å². The van der Waals surface area contributed by atoms with Crippen LogP contribution in [0.25, 0.3) is 0 Å². The zero-order valence-corrected chi connectivity index (χ0v) is 14.9. The van der Waals surface area contributed by atoms with Crippen molar-refractivity contribution in [2.75, 3.05) is 6.61 Å².